The Morgan fingerprint density at radius 1 is 1.62 bits per heavy atom. The summed E-state index contributed by atoms with van der Waals surface area (Å²) in [7, 11) is -3.79. The Balaban J connectivity index is 3.87. The van der Waals surface area contributed by atoms with Crippen LogP contribution in [0.1, 0.15) is 13.3 Å². The Bertz CT molecular complexity index is 233. The molecule has 0 heterocycles. The molecule has 0 saturated carbocycles. The number of rotatable bonds is 7. The molecule has 0 spiro atoms. The maximum absolute atomic E-state index is 10.9. The van der Waals surface area contributed by atoms with E-state index in [1.54, 1.807) is 6.92 Å². The van der Waals surface area contributed by atoms with Crippen molar-refractivity contribution in [3.63, 3.8) is 0 Å². The van der Waals surface area contributed by atoms with Gasteiger partial charge in [-0.05, 0) is 6.42 Å². The summed E-state index contributed by atoms with van der Waals surface area (Å²) in [5.74, 6) is -0.458. The fraction of sp³-hybridized carbons (Fsp3) is 0.714. The topological polar surface area (TPSA) is 72.8 Å². The molecule has 5 nitrogen and oxygen atoms in total. The van der Waals surface area contributed by atoms with Gasteiger partial charge in [0.05, 0.1) is 6.10 Å². The standard InChI is InChI=1S/C7H14O5S/c1-3-5-11-12-13(9,10)6-7(8)4-2/h3,7-8H,1,4-6H2,2H3. The number of hydrogen-bond acceptors (Lipinski definition) is 5. The number of hydrogen-bond donors (Lipinski definition) is 1. The van der Waals surface area contributed by atoms with Crippen LogP contribution in [0, 0.1) is 0 Å². The van der Waals surface area contributed by atoms with Crippen LogP contribution in [0.3, 0.4) is 0 Å². The Kier molecular flexibility index (Phi) is 5.89. The second kappa shape index (κ2) is 6.09. The molecular weight excluding hydrogens is 196 g/mol. The molecule has 0 aliphatic rings. The first kappa shape index (κ1) is 12.6. The molecule has 1 atom stereocenters. The molecule has 0 saturated heterocycles. The van der Waals surface area contributed by atoms with E-state index >= 15 is 0 Å². The van der Waals surface area contributed by atoms with Crippen molar-refractivity contribution in [1.29, 1.82) is 0 Å². The van der Waals surface area contributed by atoms with Crippen LogP contribution in [0.25, 0.3) is 0 Å². The van der Waals surface area contributed by atoms with E-state index in [0.717, 1.165) is 0 Å². The third-order valence-corrected chi connectivity index (χ3v) is 2.30. The Morgan fingerprint density at radius 2 is 2.23 bits per heavy atom. The molecule has 1 unspecified atom stereocenters. The summed E-state index contributed by atoms with van der Waals surface area (Å²) >= 11 is 0. The highest BCUT2D eigenvalue weighted by Gasteiger charge is 2.17. The lowest BCUT2D eigenvalue weighted by molar-refractivity contribution is -0.190. The van der Waals surface area contributed by atoms with E-state index in [4.69, 9.17) is 5.11 Å². The minimum absolute atomic E-state index is 0.0125. The molecule has 1 N–H and O–H groups in total. The zero-order valence-electron chi connectivity index (χ0n) is 7.47. The van der Waals surface area contributed by atoms with Crippen molar-refractivity contribution in [3.8, 4) is 0 Å². The lowest BCUT2D eigenvalue weighted by Crippen LogP contribution is -2.22. The van der Waals surface area contributed by atoms with Crippen molar-refractivity contribution in [2.24, 2.45) is 0 Å². The van der Waals surface area contributed by atoms with Gasteiger partial charge in [0, 0.05) is 0 Å². The van der Waals surface area contributed by atoms with E-state index in [1.165, 1.54) is 6.08 Å². The molecule has 0 fully saturated rings. The second-order valence-corrected chi connectivity index (χ2v) is 4.01. The maximum Gasteiger partial charge on any atom is 0.296 e. The molecule has 6 heteroatoms. The van der Waals surface area contributed by atoms with Crippen molar-refractivity contribution in [2.75, 3.05) is 12.4 Å². The zero-order chi connectivity index (χ0) is 10.3. The van der Waals surface area contributed by atoms with Crippen LogP contribution in [0.2, 0.25) is 0 Å². The van der Waals surface area contributed by atoms with Crippen molar-refractivity contribution in [1.82, 2.24) is 0 Å². The fourth-order valence-electron chi connectivity index (χ4n) is 0.530. The van der Waals surface area contributed by atoms with Gasteiger partial charge in [0.15, 0.2) is 0 Å². The average molecular weight is 210 g/mol. The normalized spacial score (nSPS) is 14.0. The third-order valence-electron chi connectivity index (χ3n) is 1.21. The van der Waals surface area contributed by atoms with E-state index in [9.17, 15) is 8.42 Å². The summed E-state index contributed by atoms with van der Waals surface area (Å²) in [5.41, 5.74) is 0. The highest BCUT2D eigenvalue weighted by molar-refractivity contribution is 7.86. The van der Waals surface area contributed by atoms with Crippen molar-refractivity contribution < 1.29 is 22.7 Å². The summed E-state index contributed by atoms with van der Waals surface area (Å²) in [4.78, 5) is 4.28. The largest absolute Gasteiger partial charge is 0.392 e. The minimum atomic E-state index is -3.79. The van der Waals surface area contributed by atoms with Gasteiger partial charge in [-0.2, -0.15) is 8.42 Å². The van der Waals surface area contributed by atoms with Gasteiger partial charge in [-0.1, -0.05) is 13.0 Å². The van der Waals surface area contributed by atoms with Gasteiger partial charge in [0.1, 0.15) is 12.4 Å². The van der Waals surface area contributed by atoms with Gasteiger partial charge in [-0.3, -0.25) is 0 Å². The van der Waals surface area contributed by atoms with Crippen molar-refractivity contribution in [3.05, 3.63) is 12.7 Å². The fourth-order valence-corrected chi connectivity index (χ4v) is 1.50. The van der Waals surface area contributed by atoms with E-state index < -0.39 is 22.0 Å². The summed E-state index contributed by atoms with van der Waals surface area (Å²) in [6.07, 6.45) is 0.785. The van der Waals surface area contributed by atoms with Crippen molar-refractivity contribution >= 4 is 10.1 Å². The Labute approximate surface area is 78.0 Å². The molecule has 0 aromatic carbocycles. The molecule has 0 radical (unpaired) electrons. The van der Waals surface area contributed by atoms with Crippen LogP contribution >= 0.6 is 0 Å². The summed E-state index contributed by atoms with van der Waals surface area (Å²) in [5, 5.41) is 9.02. The summed E-state index contributed by atoms with van der Waals surface area (Å²) in [6.45, 7) is 4.97. The van der Waals surface area contributed by atoms with Crippen molar-refractivity contribution in [2.45, 2.75) is 19.4 Å². The predicted octanol–water partition coefficient (Wildman–Crippen LogP) is 0.221. The highest BCUT2D eigenvalue weighted by Crippen LogP contribution is 2.00. The average Bonchev–Trinajstić information content (AvgIpc) is 2.03. The quantitative estimate of drug-likeness (QED) is 0.282. The van der Waals surface area contributed by atoms with E-state index in [2.05, 4.69) is 15.8 Å². The monoisotopic (exact) mass is 210 g/mol. The van der Waals surface area contributed by atoms with Crippen LogP contribution in [0.4, 0.5) is 0 Å². The lowest BCUT2D eigenvalue weighted by Gasteiger charge is -2.07. The third kappa shape index (κ3) is 6.71. The zero-order valence-corrected chi connectivity index (χ0v) is 8.29. The number of aliphatic hydroxyl groups is 1. The Morgan fingerprint density at radius 3 is 2.69 bits per heavy atom. The maximum atomic E-state index is 10.9. The molecule has 0 aliphatic heterocycles. The van der Waals surface area contributed by atoms with Crippen LogP contribution < -0.4 is 0 Å². The molecule has 78 valence electrons. The predicted molar refractivity (Wildman–Crippen MR) is 47.3 cm³/mol. The SMILES string of the molecule is C=CCOOS(=O)(=O)CC(O)CC. The first-order valence-electron chi connectivity index (χ1n) is 3.84. The molecule has 0 amide bonds. The van der Waals surface area contributed by atoms with E-state index in [0.29, 0.717) is 6.42 Å². The first-order valence-corrected chi connectivity index (χ1v) is 5.42. The lowest BCUT2D eigenvalue weighted by atomic mass is 10.3. The van der Waals surface area contributed by atoms with Gasteiger partial charge < -0.3 is 5.11 Å². The Hall–Kier alpha value is -0.430. The van der Waals surface area contributed by atoms with E-state index in [1.807, 2.05) is 0 Å². The molecule has 0 rings (SSSR count). The van der Waals surface area contributed by atoms with Crippen LogP contribution in [0.15, 0.2) is 12.7 Å². The van der Waals surface area contributed by atoms with E-state index in [-0.39, 0.29) is 6.61 Å². The summed E-state index contributed by atoms with van der Waals surface area (Å²) < 4.78 is 25.9. The van der Waals surface area contributed by atoms with Gasteiger partial charge in [0.25, 0.3) is 10.1 Å². The highest BCUT2D eigenvalue weighted by atomic mass is 32.2. The molecule has 0 aliphatic carbocycles. The number of aliphatic hydroxyl groups excluding tert-OH is 1. The van der Waals surface area contributed by atoms with Gasteiger partial charge in [-0.15, -0.1) is 10.9 Å². The second-order valence-electron chi connectivity index (χ2n) is 2.43. The molecule has 0 aromatic heterocycles. The first-order chi connectivity index (χ1) is 6.02. The van der Waals surface area contributed by atoms with Crippen LogP contribution in [-0.4, -0.2) is 32.0 Å². The van der Waals surface area contributed by atoms with Gasteiger partial charge >= 0.3 is 0 Å². The smallest absolute Gasteiger partial charge is 0.296 e. The minimum Gasteiger partial charge on any atom is -0.392 e. The van der Waals surface area contributed by atoms with Crippen LogP contribution in [-0.2, 0) is 19.3 Å². The van der Waals surface area contributed by atoms with Gasteiger partial charge in [-0.25, -0.2) is 4.89 Å². The molecule has 13 heavy (non-hydrogen) atoms. The molecular formula is C7H14O5S. The molecule has 0 bridgehead atoms. The summed E-state index contributed by atoms with van der Waals surface area (Å²) in [6, 6.07) is 0. The molecule has 0 aromatic rings. The van der Waals surface area contributed by atoms with Crippen LogP contribution in [0.5, 0.6) is 0 Å². The van der Waals surface area contributed by atoms with Gasteiger partial charge in [0.2, 0.25) is 0 Å².